The number of aromatic nitrogens is 2. The molecule has 2 nitrogen and oxygen atoms in total. The van der Waals surface area contributed by atoms with E-state index in [-0.39, 0.29) is 5.41 Å². The van der Waals surface area contributed by atoms with E-state index in [9.17, 15) is 0 Å². The highest BCUT2D eigenvalue weighted by molar-refractivity contribution is 9.09. The third kappa shape index (κ3) is 3.28. The maximum absolute atomic E-state index is 4.75. The fourth-order valence-corrected chi connectivity index (χ4v) is 4.73. The molecule has 2 aromatic rings. The summed E-state index contributed by atoms with van der Waals surface area (Å²) in [7, 11) is 2.03. The monoisotopic (exact) mass is 400 g/mol. The molecule has 2 rings (SSSR count). The molecule has 0 atom stereocenters. The number of para-hydroxylation sites is 1. The van der Waals surface area contributed by atoms with Crippen molar-refractivity contribution in [1.82, 2.24) is 9.78 Å². The van der Waals surface area contributed by atoms with E-state index in [0.717, 1.165) is 17.1 Å². The fraction of sp³-hybridized carbons (Fsp3) is 0.562. The van der Waals surface area contributed by atoms with Gasteiger partial charge in [0.05, 0.1) is 11.2 Å². The number of hydrogen-bond acceptors (Lipinski definition) is 1. The van der Waals surface area contributed by atoms with Gasteiger partial charge in [-0.1, -0.05) is 63.9 Å². The molecule has 0 unspecified atom stereocenters. The minimum Gasteiger partial charge on any atom is -0.268 e. The topological polar surface area (TPSA) is 17.8 Å². The van der Waals surface area contributed by atoms with Crippen LogP contribution in [-0.4, -0.2) is 20.4 Å². The Kier molecular flexibility index (Phi) is 5.30. The van der Waals surface area contributed by atoms with Crippen LogP contribution in [-0.2, 0) is 13.5 Å². The van der Waals surface area contributed by atoms with Crippen LogP contribution < -0.4 is 0 Å². The minimum absolute atomic E-state index is 0.227. The molecule has 0 aliphatic heterocycles. The van der Waals surface area contributed by atoms with Gasteiger partial charge in [-0.3, -0.25) is 4.68 Å². The van der Waals surface area contributed by atoms with Crippen LogP contribution in [0, 0.1) is 11.3 Å². The second kappa shape index (κ2) is 6.61. The lowest BCUT2D eigenvalue weighted by Crippen LogP contribution is -2.30. The maximum Gasteiger partial charge on any atom is 0.0709 e. The van der Waals surface area contributed by atoms with Crippen molar-refractivity contribution >= 4 is 42.8 Å². The van der Waals surface area contributed by atoms with Gasteiger partial charge in [0.1, 0.15) is 0 Å². The third-order valence-electron chi connectivity index (χ3n) is 3.78. The van der Waals surface area contributed by atoms with Crippen LogP contribution in [0.25, 0.3) is 10.9 Å². The van der Waals surface area contributed by atoms with E-state index in [1.54, 1.807) is 0 Å². The fourth-order valence-electron chi connectivity index (χ4n) is 2.95. The lowest BCUT2D eigenvalue weighted by molar-refractivity contribution is 0.302. The second-order valence-corrected chi connectivity index (χ2v) is 7.25. The highest BCUT2D eigenvalue weighted by Crippen LogP contribution is 2.36. The van der Waals surface area contributed by atoms with Gasteiger partial charge in [0.2, 0.25) is 0 Å². The number of halogens is 2. The maximum atomic E-state index is 4.75. The largest absolute Gasteiger partial charge is 0.268 e. The van der Waals surface area contributed by atoms with Crippen molar-refractivity contribution in [3.63, 3.8) is 0 Å². The molecular weight excluding hydrogens is 380 g/mol. The standard InChI is InChI=1S/C16H22Br2N2/c1-12(2)8-16(10-17,11-18)9-14-13-6-4-5-7-15(13)20(3)19-14/h4-7,12H,8-11H2,1-3H3. The lowest BCUT2D eigenvalue weighted by atomic mass is 9.79. The Balaban J connectivity index is 2.38. The summed E-state index contributed by atoms with van der Waals surface area (Å²) in [6.07, 6.45) is 2.19. The summed E-state index contributed by atoms with van der Waals surface area (Å²) in [6, 6.07) is 8.49. The van der Waals surface area contributed by atoms with E-state index in [0.29, 0.717) is 5.92 Å². The zero-order chi connectivity index (χ0) is 14.8. The zero-order valence-corrected chi connectivity index (χ0v) is 15.5. The van der Waals surface area contributed by atoms with Crippen molar-refractivity contribution in [1.29, 1.82) is 0 Å². The van der Waals surface area contributed by atoms with Crippen molar-refractivity contribution in [3.8, 4) is 0 Å². The molecule has 110 valence electrons. The number of nitrogens with zero attached hydrogens (tertiary/aromatic N) is 2. The van der Waals surface area contributed by atoms with Crippen molar-refractivity contribution in [2.75, 3.05) is 10.7 Å². The highest BCUT2D eigenvalue weighted by Gasteiger charge is 2.31. The molecule has 1 aromatic heterocycles. The van der Waals surface area contributed by atoms with Crippen LogP contribution in [0.1, 0.15) is 26.0 Å². The summed E-state index contributed by atoms with van der Waals surface area (Å²) < 4.78 is 1.99. The van der Waals surface area contributed by atoms with Crippen LogP contribution in [0.2, 0.25) is 0 Å². The highest BCUT2D eigenvalue weighted by atomic mass is 79.9. The van der Waals surface area contributed by atoms with Crippen LogP contribution in [0.15, 0.2) is 24.3 Å². The summed E-state index contributed by atoms with van der Waals surface area (Å²) in [4.78, 5) is 0. The van der Waals surface area contributed by atoms with Crippen LogP contribution in [0.4, 0.5) is 0 Å². The van der Waals surface area contributed by atoms with Gasteiger partial charge in [-0.15, -0.1) is 0 Å². The number of alkyl halides is 2. The van der Waals surface area contributed by atoms with Crippen LogP contribution in [0.5, 0.6) is 0 Å². The van der Waals surface area contributed by atoms with Crippen molar-refractivity contribution in [2.24, 2.45) is 18.4 Å². The van der Waals surface area contributed by atoms with Gasteiger partial charge in [-0.25, -0.2) is 0 Å². The Morgan fingerprint density at radius 2 is 1.85 bits per heavy atom. The third-order valence-corrected chi connectivity index (χ3v) is 6.16. The molecule has 1 aromatic carbocycles. The van der Waals surface area contributed by atoms with Crippen LogP contribution >= 0.6 is 31.9 Å². The normalized spacial score (nSPS) is 12.5. The Morgan fingerprint density at radius 3 is 2.45 bits per heavy atom. The Morgan fingerprint density at radius 1 is 1.20 bits per heavy atom. The molecule has 0 spiro atoms. The van der Waals surface area contributed by atoms with Gasteiger partial charge in [0, 0.05) is 23.1 Å². The van der Waals surface area contributed by atoms with Crippen molar-refractivity contribution < 1.29 is 0 Å². The van der Waals surface area contributed by atoms with E-state index in [4.69, 9.17) is 5.10 Å². The minimum atomic E-state index is 0.227. The summed E-state index contributed by atoms with van der Waals surface area (Å²) in [5, 5.41) is 8.02. The van der Waals surface area contributed by atoms with Gasteiger partial charge in [-0.05, 0) is 30.2 Å². The van der Waals surface area contributed by atoms with Gasteiger partial charge >= 0.3 is 0 Å². The molecule has 0 fully saturated rings. The number of benzene rings is 1. The van der Waals surface area contributed by atoms with E-state index in [2.05, 4.69) is 70.0 Å². The Labute approximate surface area is 138 Å². The summed E-state index contributed by atoms with van der Waals surface area (Å²) in [5.41, 5.74) is 2.65. The molecule has 0 radical (unpaired) electrons. The molecule has 4 heteroatoms. The van der Waals surface area contributed by atoms with Gasteiger partial charge in [0.25, 0.3) is 0 Å². The Hall–Kier alpha value is -0.350. The first kappa shape index (κ1) is 16.0. The predicted molar refractivity (Wildman–Crippen MR) is 93.9 cm³/mol. The van der Waals surface area contributed by atoms with Gasteiger partial charge < -0.3 is 0 Å². The predicted octanol–water partition coefficient (Wildman–Crippen LogP) is 4.94. The molecule has 0 aliphatic rings. The number of hydrogen-bond donors (Lipinski definition) is 0. The van der Waals surface area contributed by atoms with Crippen LogP contribution in [0.3, 0.4) is 0 Å². The van der Waals surface area contributed by atoms with Crippen molar-refractivity contribution in [2.45, 2.75) is 26.7 Å². The van der Waals surface area contributed by atoms with Crippen molar-refractivity contribution in [3.05, 3.63) is 30.0 Å². The van der Waals surface area contributed by atoms with Gasteiger partial charge in [0.15, 0.2) is 0 Å². The molecule has 0 saturated carbocycles. The molecular formula is C16H22Br2N2. The SMILES string of the molecule is CC(C)CC(CBr)(CBr)Cc1nn(C)c2ccccc12. The summed E-state index contributed by atoms with van der Waals surface area (Å²) >= 11 is 7.45. The number of fused-ring (bicyclic) bond motifs is 1. The molecule has 1 heterocycles. The quantitative estimate of drug-likeness (QED) is 0.627. The van der Waals surface area contributed by atoms with E-state index in [1.165, 1.54) is 23.0 Å². The van der Waals surface area contributed by atoms with E-state index < -0.39 is 0 Å². The first-order valence-corrected chi connectivity index (χ1v) is 9.28. The molecule has 0 aliphatic carbocycles. The van der Waals surface area contributed by atoms with E-state index >= 15 is 0 Å². The average molecular weight is 402 g/mol. The molecule has 0 saturated heterocycles. The molecule has 0 bridgehead atoms. The number of rotatable bonds is 6. The smallest absolute Gasteiger partial charge is 0.0709 e. The molecule has 20 heavy (non-hydrogen) atoms. The summed E-state index contributed by atoms with van der Waals surface area (Å²) in [6.45, 7) is 4.58. The second-order valence-electron chi connectivity index (χ2n) is 6.13. The van der Waals surface area contributed by atoms with Gasteiger partial charge in [-0.2, -0.15) is 5.10 Å². The summed E-state index contributed by atoms with van der Waals surface area (Å²) in [5.74, 6) is 0.681. The first-order chi connectivity index (χ1) is 9.51. The Bertz CT molecular complexity index is 571. The molecule has 0 N–H and O–H groups in total. The molecule has 0 amide bonds. The number of aryl methyl sites for hydroxylation is 1. The average Bonchev–Trinajstić information content (AvgIpc) is 2.74. The van der Waals surface area contributed by atoms with E-state index in [1.807, 2.05) is 11.7 Å². The zero-order valence-electron chi connectivity index (χ0n) is 12.4. The lowest BCUT2D eigenvalue weighted by Gasteiger charge is -2.31. The first-order valence-electron chi connectivity index (χ1n) is 7.04.